The monoisotopic (exact) mass is 366 g/mol. The second-order valence-electron chi connectivity index (χ2n) is 6.10. The molecule has 0 saturated heterocycles. The zero-order valence-corrected chi connectivity index (χ0v) is 14.7. The molecule has 0 fully saturated rings. The lowest BCUT2D eigenvalue weighted by atomic mass is 9.99. The molecule has 3 aromatic carbocycles. The lowest BCUT2D eigenvalue weighted by Gasteiger charge is -2.20. The Balaban J connectivity index is 1.65. The quantitative estimate of drug-likeness (QED) is 0.658. The van der Waals surface area contributed by atoms with Crippen molar-refractivity contribution in [1.82, 2.24) is 10.6 Å². The number of halogens is 2. The maximum Gasteiger partial charge on any atom is 0.315 e. The Morgan fingerprint density at radius 3 is 1.81 bits per heavy atom. The average molecular weight is 366 g/mol. The van der Waals surface area contributed by atoms with Gasteiger partial charge in [0.1, 0.15) is 11.6 Å². The van der Waals surface area contributed by atoms with Gasteiger partial charge >= 0.3 is 6.03 Å². The molecule has 0 radical (unpaired) electrons. The van der Waals surface area contributed by atoms with Crippen LogP contribution in [0.5, 0.6) is 0 Å². The molecule has 0 unspecified atom stereocenters. The van der Waals surface area contributed by atoms with E-state index in [9.17, 15) is 13.6 Å². The first kappa shape index (κ1) is 18.6. The van der Waals surface area contributed by atoms with Gasteiger partial charge in [0.05, 0.1) is 6.04 Å². The fourth-order valence-electron chi connectivity index (χ4n) is 2.90. The zero-order valence-electron chi connectivity index (χ0n) is 14.7. The largest absolute Gasteiger partial charge is 0.338 e. The van der Waals surface area contributed by atoms with Crippen molar-refractivity contribution in [1.29, 1.82) is 0 Å². The molecule has 27 heavy (non-hydrogen) atoms. The summed E-state index contributed by atoms with van der Waals surface area (Å²) in [7, 11) is 0. The average Bonchev–Trinajstić information content (AvgIpc) is 2.70. The number of carbonyl (C=O) groups excluding carboxylic acids is 1. The highest BCUT2D eigenvalue weighted by molar-refractivity contribution is 5.75. The van der Waals surface area contributed by atoms with E-state index in [1.54, 1.807) is 0 Å². The number of carbonyl (C=O) groups is 1. The SMILES string of the molecule is O=C(NCCc1c(F)cccc1F)NC(c1ccccc1)c1ccccc1. The molecule has 3 nitrogen and oxygen atoms in total. The number of amides is 2. The van der Waals surface area contributed by atoms with Gasteiger partial charge in [0, 0.05) is 12.1 Å². The highest BCUT2D eigenvalue weighted by atomic mass is 19.1. The predicted molar refractivity (Wildman–Crippen MR) is 101 cm³/mol. The van der Waals surface area contributed by atoms with Crippen LogP contribution in [0.2, 0.25) is 0 Å². The van der Waals surface area contributed by atoms with Gasteiger partial charge in [-0.25, -0.2) is 13.6 Å². The van der Waals surface area contributed by atoms with Crippen LogP contribution >= 0.6 is 0 Å². The van der Waals surface area contributed by atoms with E-state index >= 15 is 0 Å². The molecule has 0 spiro atoms. The maximum atomic E-state index is 13.7. The number of urea groups is 1. The number of benzene rings is 3. The fraction of sp³-hybridized carbons (Fsp3) is 0.136. The molecule has 0 aliphatic rings. The van der Waals surface area contributed by atoms with E-state index < -0.39 is 17.7 Å². The van der Waals surface area contributed by atoms with Gasteiger partial charge in [-0.1, -0.05) is 66.7 Å². The van der Waals surface area contributed by atoms with Crippen molar-refractivity contribution in [3.63, 3.8) is 0 Å². The number of nitrogens with one attached hydrogen (secondary N) is 2. The predicted octanol–water partition coefficient (Wildman–Crippen LogP) is 4.60. The van der Waals surface area contributed by atoms with Crippen LogP contribution in [0.15, 0.2) is 78.9 Å². The topological polar surface area (TPSA) is 41.1 Å². The van der Waals surface area contributed by atoms with Crippen molar-refractivity contribution in [3.8, 4) is 0 Å². The number of rotatable bonds is 6. The summed E-state index contributed by atoms with van der Waals surface area (Å²) in [6.45, 7) is 0.125. The van der Waals surface area contributed by atoms with Crippen LogP contribution in [0.1, 0.15) is 22.7 Å². The molecule has 0 atom stereocenters. The summed E-state index contributed by atoms with van der Waals surface area (Å²) in [5.41, 5.74) is 1.86. The summed E-state index contributed by atoms with van der Waals surface area (Å²) in [5.74, 6) is -1.22. The van der Waals surface area contributed by atoms with Crippen LogP contribution in [0, 0.1) is 11.6 Å². The summed E-state index contributed by atoms with van der Waals surface area (Å²) in [4.78, 5) is 12.4. The normalized spacial score (nSPS) is 10.6. The number of hydrogen-bond acceptors (Lipinski definition) is 1. The molecule has 3 aromatic rings. The lowest BCUT2D eigenvalue weighted by Crippen LogP contribution is -2.39. The third-order valence-corrected chi connectivity index (χ3v) is 4.26. The van der Waals surface area contributed by atoms with Gasteiger partial charge < -0.3 is 10.6 Å². The van der Waals surface area contributed by atoms with E-state index in [2.05, 4.69) is 10.6 Å². The van der Waals surface area contributed by atoms with E-state index in [1.807, 2.05) is 60.7 Å². The van der Waals surface area contributed by atoms with E-state index in [4.69, 9.17) is 0 Å². The van der Waals surface area contributed by atoms with Crippen LogP contribution < -0.4 is 10.6 Å². The van der Waals surface area contributed by atoms with Crippen LogP contribution in [0.3, 0.4) is 0 Å². The second-order valence-corrected chi connectivity index (χ2v) is 6.10. The summed E-state index contributed by atoms with van der Waals surface area (Å²) in [6, 6.07) is 22.2. The molecule has 2 amide bonds. The van der Waals surface area contributed by atoms with Crippen LogP contribution in [0.25, 0.3) is 0 Å². The van der Waals surface area contributed by atoms with Gasteiger partial charge in [0.15, 0.2) is 0 Å². The van der Waals surface area contributed by atoms with Crippen LogP contribution in [0.4, 0.5) is 13.6 Å². The molecular formula is C22H20F2N2O. The Labute approximate surface area is 157 Å². The zero-order chi connectivity index (χ0) is 19.1. The van der Waals surface area contributed by atoms with E-state index in [0.717, 1.165) is 11.1 Å². The minimum Gasteiger partial charge on any atom is -0.338 e. The van der Waals surface area contributed by atoms with E-state index in [1.165, 1.54) is 18.2 Å². The Morgan fingerprint density at radius 1 is 0.778 bits per heavy atom. The van der Waals surface area contributed by atoms with Crippen molar-refractivity contribution in [2.24, 2.45) is 0 Å². The molecule has 0 aliphatic carbocycles. The Bertz CT molecular complexity index is 826. The van der Waals surface area contributed by atoms with Gasteiger partial charge in [-0.3, -0.25) is 0 Å². The van der Waals surface area contributed by atoms with Crippen molar-refractivity contribution >= 4 is 6.03 Å². The molecule has 3 rings (SSSR count). The third kappa shape index (κ3) is 4.91. The summed E-state index contributed by atoms with van der Waals surface area (Å²) < 4.78 is 27.3. The summed E-state index contributed by atoms with van der Waals surface area (Å²) in [5, 5.41) is 5.60. The first-order valence-electron chi connectivity index (χ1n) is 8.72. The lowest BCUT2D eigenvalue weighted by molar-refractivity contribution is 0.238. The van der Waals surface area contributed by atoms with Gasteiger partial charge in [-0.2, -0.15) is 0 Å². The molecule has 2 N–H and O–H groups in total. The first-order valence-corrected chi connectivity index (χ1v) is 8.72. The first-order chi connectivity index (χ1) is 13.1. The maximum absolute atomic E-state index is 13.7. The highest BCUT2D eigenvalue weighted by Crippen LogP contribution is 2.21. The third-order valence-electron chi connectivity index (χ3n) is 4.26. The van der Waals surface area contributed by atoms with Crippen LogP contribution in [-0.2, 0) is 6.42 Å². The van der Waals surface area contributed by atoms with Gasteiger partial charge in [0.25, 0.3) is 0 Å². The fourth-order valence-corrected chi connectivity index (χ4v) is 2.90. The smallest absolute Gasteiger partial charge is 0.315 e. The molecule has 138 valence electrons. The molecule has 0 aliphatic heterocycles. The molecular weight excluding hydrogens is 346 g/mol. The van der Waals surface area contributed by atoms with Crippen LogP contribution in [-0.4, -0.2) is 12.6 Å². The molecule has 0 heterocycles. The van der Waals surface area contributed by atoms with Crippen molar-refractivity contribution in [2.75, 3.05) is 6.54 Å². The Morgan fingerprint density at radius 2 is 1.30 bits per heavy atom. The van der Waals surface area contributed by atoms with E-state index in [0.29, 0.717) is 0 Å². The Hall–Kier alpha value is -3.21. The van der Waals surface area contributed by atoms with Gasteiger partial charge in [0.2, 0.25) is 0 Å². The standard InChI is InChI=1S/C22H20F2N2O/c23-19-12-7-13-20(24)18(19)14-15-25-22(27)26-21(16-8-3-1-4-9-16)17-10-5-2-6-11-17/h1-13,21H,14-15H2,(H2,25,26,27). The Kier molecular flexibility index (Phi) is 6.15. The van der Waals surface area contributed by atoms with Crippen molar-refractivity contribution in [3.05, 3.63) is 107 Å². The molecule has 0 bridgehead atoms. The minimum atomic E-state index is -0.608. The molecule has 0 saturated carbocycles. The minimum absolute atomic E-state index is 0.0273. The second kappa shape index (κ2) is 8.94. The molecule has 5 heteroatoms. The van der Waals surface area contributed by atoms with Gasteiger partial charge in [-0.05, 0) is 29.7 Å². The van der Waals surface area contributed by atoms with Crippen molar-refractivity contribution < 1.29 is 13.6 Å². The van der Waals surface area contributed by atoms with Crippen molar-refractivity contribution in [2.45, 2.75) is 12.5 Å². The van der Waals surface area contributed by atoms with Gasteiger partial charge in [-0.15, -0.1) is 0 Å². The van der Waals surface area contributed by atoms with E-state index in [-0.39, 0.29) is 24.6 Å². The summed E-state index contributed by atoms with van der Waals surface area (Å²) in [6.07, 6.45) is 0.0767. The summed E-state index contributed by atoms with van der Waals surface area (Å²) >= 11 is 0. The highest BCUT2D eigenvalue weighted by Gasteiger charge is 2.16. The molecule has 0 aromatic heterocycles. The number of hydrogen-bond donors (Lipinski definition) is 2.